The highest BCUT2D eigenvalue weighted by atomic mass is 19.1. The second kappa shape index (κ2) is 9.14. The van der Waals surface area contributed by atoms with E-state index in [2.05, 4.69) is 10.6 Å². The lowest BCUT2D eigenvalue weighted by Crippen LogP contribution is -2.25. The van der Waals surface area contributed by atoms with Gasteiger partial charge in [0, 0.05) is 34.6 Å². The van der Waals surface area contributed by atoms with Crippen molar-refractivity contribution in [3.63, 3.8) is 0 Å². The minimum absolute atomic E-state index is 0.0223. The second-order valence-corrected chi connectivity index (χ2v) is 8.05. The Morgan fingerprint density at radius 2 is 1.03 bits per heavy atom. The van der Waals surface area contributed by atoms with Crippen molar-refractivity contribution < 1.29 is 27.8 Å². The minimum Gasteiger partial charge on any atom is -0.497 e. The van der Waals surface area contributed by atoms with Crippen LogP contribution >= 0.6 is 0 Å². The van der Waals surface area contributed by atoms with Crippen molar-refractivity contribution in [1.82, 2.24) is 0 Å². The Morgan fingerprint density at radius 1 is 0.611 bits per heavy atom. The SMILES string of the molecule is COc1cccc(Nc2c(F)c3c(c(F)c2Nc2cccc(OC)c2)C(=O)c2ccccc2C3=O)c1. The highest BCUT2D eigenvalue weighted by molar-refractivity contribution is 6.29. The van der Waals surface area contributed by atoms with E-state index in [1.807, 2.05) is 0 Å². The van der Waals surface area contributed by atoms with Crippen molar-refractivity contribution in [2.75, 3.05) is 24.9 Å². The van der Waals surface area contributed by atoms with Crippen LogP contribution in [0.2, 0.25) is 0 Å². The van der Waals surface area contributed by atoms with Crippen LogP contribution in [0.25, 0.3) is 0 Å². The first-order valence-electron chi connectivity index (χ1n) is 11.0. The van der Waals surface area contributed by atoms with Crippen molar-refractivity contribution >= 4 is 34.3 Å². The van der Waals surface area contributed by atoms with Crippen LogP contribution in [0.4, 0.5) is 31.5 Å². The van der Waals surface area contributed by atoms with Gasteiger partial charge in [0.25, 0.3) is 0 Å². The van der Waals surface area contributed by atoms with E-state index < -0.39 is 34.3 Å². The number of nitrogens with one attached hydrogen (secondary N) is 2. The third-order valence-corrected chi connectivity index (χ3v) is 5.93. The van der Waals surface area contributed by atoms with Crippen molar-refractivity contribution in [3.8, 4) is 11.5 Å². The summed E-state index contributed by atoms with van der Waals surface area (Å²) in [7, 11) is 2.96. The molecule has 0 amide bonds. The van der Waals surface area contributed by atoms with Crippen LogP contribution in [0.3, 0.4) is 0 Å². The summed E-state index contributed by atoms with van der Waals surface area (Å²) in [4.78, 5) is 26.5. The highest BCUT2D eigenvalue weighted by Crippen LogP contribution is 2.42. The molecule has 2 N–H and O–H groups in total. The molecule has 36 heavy (non-hydrogen) atoms. The van der Waals surface area contributed by atoms with Crippen molar-refractivity contribution in [1.29, 1.82) is 0 Å². The number of carbonyl (C=O) groups excluding carboxylic acids is 2. The van der Waals surface area contributed by atoms with Crippen LogP contribution in [0.15, 0.2) is 72.8 Å². The molecule has 0 bridgehead atoms. The molecule has 0 aromatic heterocycles. The fourth-order valence-corrected chi connectivity index (χ4v) is 4.19. The number of ether oxygens (including phenoxy) is 2. The molecule has 1 aliphatic carbocycles. The van der Waals surface area contributed by atoms with E-state index in [0.717, 1.165) is 0 Å². The zero-order valence-corrected chi connectivity index (χ0v) is 19.3. The van der Waals surface area contributed by atoms with E-state index in [1.54, 1.807) is 60.7 Å². The first-order valence-corrected chi connectivity index (χ1v) is 11.0. The largest absolute Gasteiger partial charge is 0.497 e. The Balaban J connectivity index is 1.74. The molecular weight excluding hydrogens is 466 g/mol. The molecule has 1 aliphatic rings. The topological polar surface area (TPSA) is 76.7 Å². The number of carbonyl (C=O) groups is 2. The smallest absolute Gasteiger partial charge is 0.197 e. The summed E-state index contributed by atoms with van der Waals surface area (Å²) in [6.07, 6.45) is 0. The van der Waals surface area contributed by atoms with Gasteiger partial charge in [-0.1, -0.05) is 36.4 Å². The lowest BCUT2D eigenvalue weighted by molar-refractivity contribution is 0.0972. The van der Waals surface area contributed by atoms with Gasteiger partial charge < -0.3 is 20.1 Å². The summed E-state index contributed by atoms with van der Waals surface area (Å²) in [5, 5.41) is 5.72. The van der Waals surface area contributed by atoms with E-state index >= 15 is 8.78 Å². The summed E-state index contributed by atoms with van der Waals surface area (Å²) < 4.78 is 42.7. The van der Waals surface area contributed by atoms with Gasteiger partial charge in [-0.25, -0.2) is 8.78 Å². The standard InChI is InChI=1S/C28H20F2N2O4/c1-35-17-9-5-7-15(13-17)31-25-23(29)21-22(28(34)20-12-4-3-11-19(20)27(21)33)24(30)26(25)32-16-8-6-10-18(14-16)36-2/h3-14,31-32H,1-2H3. The predicted molar refractivity (Wildman–Crippen MR) is 132 cm³/mol. The van der Waals surface area contributed by atoms with Crippen LogP contribution < -0.4 is 20.1 Å². The van der Waals surface area contributed by atoms with Crippen LogP contribution in [0.5, 0.6) is 11.5 Å². The lowest BCUT2D eigenvalue weighted by Gasteiger charge is -2.24. The van der Waals surface area contributed by atoms with Gasteiger partial charge in [-0.3, -0.25) is 9.59 Å². The van der Waals surface area contributed by atoms with E-state index in [-0.39, 0.29) is 22.5 Å². The molecule has 5 rings (SSSR count). The Hall–Kier alpha value is -4.72. The molecule has 4 aromatic rings. The van der Waals surface area contributed by atoms with Crippen molar-refractivity contribution in [2.45, 2.75) is 0 Å². The summed E-state index contributed by atoms with van der Waals surface area (Å²) >= 11 is 0. The number of halogens is 2. The molecule has 4 aromatic carbocycles. The quantitative estimate of drug-likeness (QED) is 0.296. The summed E-state index contributed by atoms with van der Waals surface area (Å²) in [6.45, 7) is 0. The summed E-state index contributed by atoms with van der Waals surface area (Å²) in [5.74, 6) is -2.65. The fourth-order valence-electron chi connectivity index (χ4n) is 4.19. The van der Waals surface area contributed by atoms with Gasteiger partial charge in [-0.05, 0) is 24.3 Å². The Morgan fingerprint density at radius 3 is 1.42 bits per heavy atom. The van der Waals surface area contributed by atoms with E-state index in [1.165, 1.54) is 26.4 Å². The molecule has 0 heterocycles. The maximum atomic E-state index is 16.1. The van der Waals surface area contributed by atoms with Gasteiger partial charge in [0.05, 0.1) is 25.3 Å². The van der Waals surface area contributed by atoms with Gasteiger partial charge >= 0.3 is 0 Å². The predicted octanol–water partition coefficient (Wildman–Crippen LogP) is 6.24. The molecular formula is C28H20F2N2O4. The third kappa shape index (κ3) is 3.82. The number of hydrogen-bond donors (Lipinski definition) is 2. The molecule has 0 saturated carbocycles. The van der Waals surface area contributed by atoms with Crippen LogP contribution in [0.1, 0.15) is 31.8 Å². The first-order chi connectivity index (χ1) is 17.4. The average Bonchev–Trinajstić information content (AvgIpc) is 2.91. The Labute approximate surface area is 205 Å². The molecule has 0 saturated heterocycles. The normalized spacial score (nSPS) is 12.0. The Bertz CT molecular complexity index is 1420. The second-order valence-electron chi connectivity index (χ2n) is 8.05. The van der Waals surface area contributed by atoms with Crippen molar-refractivity contribution in [3.05, 3.63) is 107 Å². The third-order valence-electron chi connectivity index (χ3n) is 5.93. The van der Waals surface area contributed by atoms with E-state index in [4.69, 9.17) is 9.47 Å². The first kappa shape index (κ1) is 23.0. The Kier molecular flexibility index (Phi) is 5.85. The van der Waals surface area contributed by atoms with Gasteiger partial charge in [0.2, 0.25) is 0 Å². The molecule has 180 valence electrons. The minimum atomic E-state index is -1.05. The number of fused-ring (bicyclic) bond motifs is 2. The molecule has 0 fully saturated rings. The molecule has 8 heteroatoms. The molecule has 0 atom stereocenters. The maximum Gasteiger partial charge on any atom is 0.197 e. The number of ketones is 2. The molecule has 0 unspecified atom stereocenters. The van der Waals surface area contributed by atoms with Crippen LogP contribution in [0, 0.1) is 11.6 Å². The monoisotopic (exact) mass is 486 g/mol. The van der Waals surface area contributed by atoms with E-state index in [9.17, 15) is 9.59 Å². The molecule has 0 spiro atoms. The van der Waals surface area contributed by atoms with Gasteiger partial charge in [0.15, 0.2) is 23.2 Å². The zero-order chi connectivity index (χ0) is 25.4. The summed E-state index contributed by atoms with van der Waals surface area (Å²) in [5.41, 5.74) is -1.07. The zero-order valence-electron chi connectivity index (χ0n) is 19.3. The van der Waals surface area contributed by atoms with Crippen LogP contribution in [-0.2, 0) is 0 Å². The van der Waals surface area contributed by atoms with Crippen molar-refractivity contribution in [2.24, 2.45) is 0 Å². The fraction of sp³-hybridized carbons (Fsp3) is 0.0714. The van der Waals surface area contributed by atoms with Gasteiger partial charge in [-0.15, -0.1) is 0 Å². The van der Waals surface area contributed by atoms with Crippen LogP contribution in [-0.4, -0.2) is 25.8 Å². The molecule has 0 aliphatic heterocycles. The van der Waals surface area contributed by atoms with Gasteiger partial charge in [-0.2, -0.15) is 0 Å². The highest BCUT2D eigenvalue weighted by Gasteiger charge is 2.38. The maximum absolute atomic E-state index is 16.1. The molecule has 0 radical (unpaired) electrons. The number of benzene rings is 4. The number of methoxy groups -OCH3 is 2. The molecule has 6 nitrogen and oxygen atoms in total. The summed E-state index contributed by atoms with van der Waals surface area (Å²) in [6, 6.07) is 19.2. The van der Waals surface area contributed by atoms with E-state index in [0.29, 0.717) is 22.9 Å². The number of anilines is 4. The number of hydrogen-bond acceptors (Lipinski definition) is 6. The van der Waals surface area contributed by atoms with Gasteiger partial charge in [0.1, 0.15) is 22.9 Å². The average molecular weight is 486 g/mol. The number of rotatable bonds is 6. The lowest BCUT2D eigenvalue weighted by atomic mass is 9.82.